The van der Waals surface area contributed by atoms with E-state index in [1.807, 2.05) is 10.6 Å². The average molecular weight is 372 g/mol. The Kier molecular flexibility index (Phi) is 5.83. The number of fused-ring (bicyclic) bond motifs is 1. The second kappa shape index (κ2) is 8.31. The van der Waals surface area contributed by atoms with Crippen LogP contribution in [0.2, 0.25) is 0 Å². The van der Waals surface area contributed by atoms with Gasteiger partial charge in [-0.25, -0.2) is 0 Å². The summed E-state index contributed by atoms with van der Waals surface area (Å²) in [5.41, 5.74) is 2.32. The molecule has 1 aliphatic heterocycles. The van der Waals surface area contributed by atoms with Crippen molar-refractivity contribution in [1.82, 2.24) is 14.4 Å². The summed E-state index contributed by atoms with van der Waals surface area (Å²) < 4.78 is 8.00. The van der Waals surface area contributed by atoms with Gasteiger partial charge in [0.05, 0.1) is 11.6 Å². The van der Waals surface area contributed by atoms with E-state index in [1.54, 1.807) is 0 Å². The van der Waals surface area contributed by atoms with E-state index < -0.39 is 6.41 Å². The molecular weight excluding hydrogens is 338 g/mol. The van der Waals surface area contributed by atoms with E-state index in [2.05, 4.69) is 48.3 Å². The van der Waals surface area contributed by atoms with Crippen LogP contribution >= 0.6 is 0 Å². The zero-order chi connectivity index (χ0) is 18.8. The standard InChI is InChI=1S/C22H33N3O2/c1-23(2)15-12-17-16-25(21-7-4-3-6-20(17)21)22(26)27-19-10-8-18(9-11-19)24-13-5-14-24/h3-4,6-7,16,18-19,22,26H,5,8-15H2,1-2H3. The van der Waals surface area contributed by atoms with Crippen LogP contribution in [0.5, 0.6) is 0 Å². The van der Waals surface area contributed by atoms with Gasteiger partial charge < -0.3 is 19.6 Å². The lowest BCUT2D eigenvalue weighted by molar-refractivity contribution is -0.190. The lowest BCUT2D eigenvalue weighted by Gasteiger charge is -2.42. The number of hydrogen-bond acceptors (Lipinski definition) is 4. The molecule has 0 spiro atoms. The normalized spacial score (nSPS) is 25.0. The molecule has 2 aliphatic rings. The summed E-state index contributed by atoms with van der Waals surface area (Å²) in [4.78, 5) is 4.79. The lowest BCUT2D eigenvalue weighted by atomic mass is 9.90. The Hall–Kier alpha value is -1.40. The molecule has 5 nitrogen and oxygen atoms in total. The molecule has 1 unspecified atom stereocenters. The van der Waals surface area contributed by atoms with E-state index in [1.165, 1.54) is 43.3 Å². The smallest absolute Gasteiger partial charge is 0.242 e. The first kappa shape index (κ1) is 18.9. The number of likely N-dealkylation sites (N-methyl/N-ethyl adjacent to an activating group) is 1. The fraction of sp³-hybridized carbons (Fsp3) is 0.636. The van der Waals surface area contributed by atoms with Gasteiger partial charge in [0, 0.05) is 24.2 Å². The van der Waals surface area contributed by atoms with Crippen molar-refractivity contribution >= 4 is 10.9 Å². The summed E-state index contributed by atoms with van der Waals surface area (Å²) >= 11 is 0. The van der Waals surface area contributed by atoms with Gasteiger partial charge in [0.25, 0.3) is 0 Å². The van der Waals surface area contributed by atoms with Crippen molar-refractivity contribution in [2.75, 3.05) is 33.7 Å². The van der Waals surface area contributed by atoms with Crippen molar-refractivity contribution in [1.29, 1.82) is 0 Å². The molecule has 1 saturated heterocycles. The predicted molar refractivity (Wildman–Crippen MR) is 109 cm³/mol. The molecule has 4 rings (SSSR count). The number of ether oxygens (including phenoxy) is 1. The Labute approximate surface area is 162 Å². The van der Waals surface area contributed by atoms with Crippen LogP contribution < -0.4 is 0 Å². The van der Waals surface area contributed by atoms with Crippen molar-refractivity contribution in [3.63, 3.8) is 0 Å². The van der Waals surface area contributed by atoms with Crippen LogP contribution in [0.1, 0.15) is 44.1 Å². The maximum absolute atomic E-state index is 10.8. The third-order valence-corrected chi connectivity index (χ3v) is 6.25. The highest BCUT2D eigenvalue weighted by Crippen LogP contribution is 2.31. The number of aromatic nitrogens is 1. The first-order valence-electron chi connectivity index (χ1n) is 10.4. The molecule has 1 atom stereocenters. The first-order chi connectivity index (χ1) is 13.1. The number of hydrogen-bond donors (Lipinski definition) is 1. The van der Waals surface area contributed by atoms with Gasteiger partial charge >= 0.3 is 0 Å². The largest absolute Gasteiger partial charge is 0.351 e. The van der Waals surface area contributed by atoms with Gasteiger partial charge in [-0.1, -0.05) is 18.2 Å². The highest BCUT2D eigenvalue weighted by molar-refractivity contribution is 5.84. The number of likely N-dealkylation sites (tertiary alicyclic amines) is 1. The molecular formula is C22H33N3O2. The second-order valence-corrected chi connectivity index (χ2v) is 8.41. The van der Waals surface area contributed by atoms with Crippen LogP contribution in [0.3, 0.4) is 0 Å². The van der Waals surface area contributed by atoms with Crippen LogP contribution in [-0.2, 0) is 11.2 Å². The van der Waals surface area contributed by atoms with E-state index in [-0.39, 0.29) is 6.10 Å². The molecule has 1 N–H and O–H groups in total. The van der Waals surface area contributed by atoms with Crippen LogP contribution in [0.25, 0.3) is 10.9 Å². The maximum atomic E-state index is 10.8. The summed E-state index contributed by atoms with van der Waals surface area (Å²) in [5.74, 6) is 0. The zero-order valence-electron chi connectivity index (χ0n) is 16.7. The summed E-state index contributed by atoms with van der Waals surface area (Å²) in [7, 11) is 4.18. The molecule has 1 aliphatic carbocycles. The molecule has 2 heterocycles. The van der Waals surface area contributed by atoms with Crippen molar-refractivity contribution in [3.8, 4) is 0 Å². The fourth-order valence-electron chi connectivity index (χ4n) is 4.49. The third kappa shape index (κ3) is 4.21. The van der Waals surface area contributed by atoms with E-state index in [0.29, 0.717) is 0 Å². The predicted octanol–water partition coefficient (Wildman–Crippen LogP) is 3.23. The Balaban J connectivity index is 1.42. The minimum Gasteiger partial charge on any atom is -0.351 e. The number of aliphatic hydroxyl groups is 1. The highest BCUT2D eigenvalue weighted by atomic mass is 16.6. The van der Waals surface area contributed by atoms with Crippen LogP contribution in [0, 0.1) is 0 Å². The summed E-state index contributed by atoms with van der Waals surface area (Å²) in [5, 5.41) is 12.0. The van der Waals surface area contributed by atoms with Crippen LogP contribution in [-0.4, -0.2) is 65.3 Å². The quantitative estimate of drug-likeness (QED) is 0.759. The second-order valence-electron chi connectivity index (χ2n) is 8.41. The third-order valence-electron chi connectivity index (χ3n) is 6.25. The molecule has 0 amide bonds. The molecule has 148 valence electrons. The Morgan fingerprint density at radius 3 is 2.56 bits per heavy atom. The maximum Gasteiger partial charge on any atom is 0.242 e. The molecule has 0 bridgehead atoms. The SMILES string of the molecule is CN(C)CCc1cn(C(O)OC2CCC(N3CCC3)CC2)c2ccccc12. The summed E-state index contributed by atoms with van der Waals surface area (Å²) in [6.45, 7) is 3.53. The van der Waals surface area contributed by atoms with Gasteiger partial charge in [0.2, 0.25) is 6.41 Å². The molecule has 5 heteroatoms. The van der Waals surface area contributed by atoms with Gasteiger partial charge in [-0.2, -0.15) is 0 Å². The zero-order valence-corrected chi connectivity index (χ0v) is 16.7. The topological polar surface area (TPSA) is 40.9 Å². The van der Waals surface area contributed by atoms with Crippen molar-refractivity contribution in [2.24, 2.45) is 0 Å². The van der Waals surface area contributed by atoms with Crippen LogP contribution in [0.15, 0.2) is 30.5 Å². The monoisotopic (exact) mass is 371 g/mol. The average Bonchev–Trinajstić information content (AvgIpc) is 2.99. The van der Waals surface area contributed by atoms with E-state index in [9.17, 15) is 5.11 Å². The number of benzene rings is 1. The summed E-state index contributed by atoms with van der Waals surface area (Å²) in [6, 6.07) is 9.04. The van der Waals surface area contributed by atoms with Gasteiger partial charge in [0.1, 0.15) is 0 Å². The number of nitrogens with zero attached hydrogens (tertiary/aromatic N) is 3. The van der Waals surface area contributed by atoms with Gasteiger partial charge in [-0.3, -0.25) is 4.57 Å². The highest BCUT2D eigenvalue weighted by Gasteiger charge is 2.30. The van der Waals surface area contributed by atoms with Gasteiger partial charge in [0.15, 0.2) is 0 Å². The van der Waals surface area contributed by atoms with Crippen molar-refractivity contribution < 1.29 is 9.84 Å². The number of para-hydroxylation sites is 1. The summed E-state index contributed by atoms with van der Waals surface area (Å²) in [6.07, 6.45) is 8.12. The van der Waals surface area contributed by atoms with Crippen molar-refractivity contribution in [2.45, 2.75) is 57.1 Å². The minimum absolute atomic E-state index is 0.156. The molecule has 1 saturated carbocycles. The number of rotatable bonds is 7. The van der Waals surface area contributed by atoms with Crippen molar-refractivity contribution in [3.05, 3.63) is 36.0 Å². The number of aliphatic hydroxyl groups excluding tert-OH is 1. The molecule has 27 heavy (non-hydrogen) atoms. The van der Waals surface area contributed by atoms with Crippen LogP contribution in [0.4, 0.5) is 0 Å². The van der Waals surface area contributed by atoms with E-state index >= 15 is 0 Å². The fourth-order valence-corrected chi connectivity index (χ4v) is 4.49. The Morgan fingerprint density at radius 1 is 1.15 bits per heavy atom. The lowest BCUT2D eigenvalue weighted by Crippen LogP contribution is -2.47. The molecule has 2 fully saturated rings. The molecule has 2 aromatic rings. The molecule has 0 radical (unpaired) electrons. The molecule has 1 aromatic carbocycles. The van der Waals surface area contributed by atoms with Gasteiger partial charge in [-0.15, -0.1) is 0 Å². The Bertz CT molecular complexity index is 745. The molecule has 1 aromatic heterocycles. The first-order valence-corrected chi connectivity index (χ1v) is 10.4. The van der Waals surface area contributed by atoms with E-state index in [0.717, 1.165) is 37.4 Å². The Morgan fingerprint density at radius 2 is 1.89 bits per heavy atom. The van der Waals surface area contributed by atoms with Gasteiger partial charge in [-0.05, 0) is 77.3 Å². The minimum atomic E-state index is -0.909. The van der Waals surface area contributed by atoms with E-state index in [4.69, 9.17) is 4.74 Å².